The van der Waals surface area contributed by atoms with Crippen LogP contribution in [0.4, 0.5) is 13.2 Å². The van der Waals surface area contributed by atoms with Crippen molar-refractivity contribution in [3.05, 3.63) is 52.3 Å². The highest BCUT2D eigenvalue weighted by atomic mass is 35.5. The fraction of sp³-hybridized carbons (Fsp3) is 0.143. The Morgan fingerprint density at radius 2 is 1.90 bits per heavy atom. The zero-order valence-corrected chi connectivity index (χ0v) is 11.5. The van der Waals surface area contributed by atoms with Crippen LogP contribution < -0.4 is 0 Å². The molecule has 21 heavy (non-hydrogen) atoms. The van der Waals surface area contributed by atoms with Gasteiger partial charge in [0.15, 0.2) is 0 Å². The average molecular weight is 316 g/mol. The maximum absolute atomic E-state index is 13.1. The second kappa shape index (κ2) is 5.37. The van der Waals surface area contributed by atoms with E-state index in [1.807, 2.05) is 0 Å². The molecule has 7 heteroatoms. The fourth-order valence-corrected chi connectivity index (χ4v) is 2.11. The summed E-state index contributed by atoms with van der Waals surface area (Å²) in [4.78, 5) is 15.0. The van der Waals surface area contributed by atoms with E-state index in [1.165, 1.54) is 6.07 Å². The lowest BCUT2D eigenvalue weighted by Crippen LogP contribution is -2.09. The number of carbonyl (C=O) groups is 1. The third-order valence-corrected chi connectivity index (χ3v) is 3.08. The van der Waals surface area contributed by atoms with E-state index >= 15 is 0 Å². The van der Waals surface area contributed by atoms with Crippen LogP contribution in [-0.2, 0) is 6.18 Å². The molecular formula is C14H9ClF3NO2. The van der Waals surface area contributed by atoms with Crippen molar-refractivity contribution >= 4 is 17.6 Å². The molecule has 0 aliphatic carbocycles. The van der Waals surface area contributed by atoms with Gasteiger partial charge in [0, 0.05) is 22.5 Å². The van der Waals surface area contributed by atoms with E-state index in [0.29, 0.717) is 5.69 Å². The van der Waals surface area contributed by atoms with E-state index in [4.69, 9.17) is 16.7 Å². The molecule has 1 aromatic heterocycles. The summed E-state index contributed by atoms with van der Waals surface area (Å²) in [6, 6.07) is 4.34. The van der Waals surface area contributed by atoms with Gasteiger partial charge in [0.05, 0.1) is 11.1 Å². The van der Waals surface area contributed by atoms with Crippen LogP contribution in [-0.4, -0.2) is 16.1 Å². The van der Waals surface area contributed by atoms with E-state index < -0.39 is 17.7 Å². The highest BCUT2D eigenvalue weighted by Gasteiger charge is 2.34. The van der Waals surface area contributed by atoms with Crippen molar-refractivity contribution in [2.24, 2.45) is 0 Å². The molecule has 1 heterocycles. The van der Waals surface area contributed by atoms with Gasteiger partial charge in [-0.25, -0.2) is 4.79 Å². The monoisotopic (exact) mass is 315 g/mol. The number of carboxylic acid groups (broad SMARTS) is 1. The SMILES string of the molecule is Cc1cc(-c2cc(Cl)ccc2C(F)(F)F)c(C(=O)O)cn1. The van der Waals surface area contributed by atoms with Gasteiger partial charge in [-0.05, 0) is 36.8 Å². The summed E-state index contributed by atoms with van der Waals surface area (Å²) >= 11 is 5.76. The number of halogens is 4. The van der Waals surface area contributed by atoms with Crippen LogP contribution >= 0.6 is 11.6 Å². The number of aromatic carboxylic acids is 1. The second-order valence-corrected chi connectivity index (χ2v) is 4.80. The van der Waals surface area contributed by atoms with Gasteiger partial charge in [-0.15, -0.1) is 0 Å². The lowest BCUT2D eigenvalue weighted by Gasteiger charge is -2.15. The summed E-state index contributed by atoms with van der Waals surface area (Å²) in [6.45, 7) is 1.56. The predicted molar refractivity (Wildman–Crippen MR) is 71.4 cm³/mol. The molecule has 0 saturated heterocycles. The maximum Gasteiger partial charge on any atom is 0.417 e. The number of carboxylic acids is 1. The number of pyridine rings is 1. The first kappa shape index (κ1) is 15.3. The van der Waals surface area contributed by atoms with Gasteiger partial charge >= 0.3 is 12.1 Å². The van der Waals surface area contributed by atoms with Crippen LogP contribution in [0.25, 0.3) is 11.1 Å². The maximum atomic E-state index is 13.1. The van der Waals surface area contributed by atoms with Crippen molar-refractivity contribution in [2.45, 2.75) is 13.1 Å². The molecule has 0 fully saturated rings. The molecule has 1 aromatic carbocycles. The summed E-state index contributed by atoms with van der Waals surface area (Å²) < 4.78 is 39.3. The van der Waals surface area contributed by atoms with Crippen molar-refractivity contribution in [3.8, 4) is 11.1 Å². The quantitative estimate of drug-likeness (QED) is 0.892. The molecule has 0 amide bonds. The van der Waals surface area contributed by atoms with Crippen molar-refractivity contribution in [2.75, 3.05) is 0 Å². The summed E-state index contributed by atoms with van der Waals surface area (Å²) in [5, 5.41) is 9.21. The molecule has 0 aliphatic rings. The summed E-state index contributed by atoms with van der Waals surface area (Å²) in [6.07, 6.45) is -3.58. The second-order valence-electron chi connectivity index (χ2n) is 4.36. The van der Waals surface area contributed by atoms with Gasteiger partial charge in [0.1, 0.15) is 0 Å². The average Bonchev–Trinajstić information content (AvgIpc) is 2.36. The molecule has 2 rings (SSSR count). The smallest absolute Gasteiger partial charge is 0.417 e. The number of hydrogen-bond acceptors (Lipinski definition) is 2. The fourth-order valence-electron chi connectivity index (χ4n) is 1.94. The van der Waals surface area contributed by atoms with Crippen LogP contribution in [0.2, 0.25) is 5.02 Å². The minimum absolute atomic E-state index is 0.0650. The molecule has 0 aliphatic heterocycles. The Morgan fingerprint density at radius 3 is 2.48 bits per heavy atom. The Balaban J connectivity index is 2.81. The van der Waals surface area contributed by atoms with Crippen LogP contribution in [0.5, 0.6) is 0 Å². The molecule has 2 aromatic rings. The number of hydrogen-bond donors (Lipinski definition) is 1. The van der Waals surface area contributed by atoms with Crippen LogP contribution in [0.3, 0.4) is 0 Å². The van der Waals surface area contributed by atoms with E-state index in [9.17, 15) is 18.0 Å². The first-order chi connectivity index (χ1) is 9.70. The standard InChI is InChI=1S/C14H9ClF3NO2/c1-7-4-9(11(6-19-7)13(20)21)10-5-8(15)2-3-12(10)14(16,17)18/h2-6H,1H3,(H,20,21). The van der Waals surface area contributed by atoms with Gasteiger partial charge in [-0.2, -0.15) is 13.2 Å². The van der Waals surface area contributed by atoms with Crippen molar-refractivity contribution in [1.82, 2.24) is 4.98 Å². The van der Waals surface area contributed by atoms with Gasteiger partial charge in [-0.1, -0.05) is 11.6 Å². The number of benzene rings is 1. The molecule has 0 spiro atoms. The Hall–Kier alpha value is -2.08. The van der Waals surface area contributed by atoms with Crippen LogP contribution in [0.1, 0.15) is 21.6 Å². The summed E-state index contributed by atoms with van der Waals surface area (Å²) in [5.74, 6) is -1.36. The zero-order chi connectivity index (χ0) is 15.8. The van der Waals surface area contributed by atoms with E-state index in [0.717, 1.165) is 24.4 Å². The minimum atomic E-state index is -4.62. The molecule has 0 saturated carbocycles. The summed E-state index contributed by atoms with van der Waals surface area (Å²) in [5.41, 5.74) is -1.20. The van der Waals surface area contributed by atoms with Gasteiger partial charge in [-0.3, -0.25) is 4.98 Å². The molecule has 3 nitrogen and oxygen atoms in total. The number of alkyl halides is 3. The molecule has 0 bridgehead atoms. The first-order valence-corrected chi connectivity index (χ1v) is 6.15. The predicted octanol–water partition coefficient (Wildman–Crippen LogP) is 4.43. The van der Waals surface area contributed by atoms with Crippen LogP contribution in [0.15, 0.2) is 30.5 Å². The lowest BCUT2D eigenvalue weighted by atomic mass is 9.95. The number of aryl methyl sites for hydroxylation is 1. The highest BCUT2D eigenvalue weighted by Crippen LogP contribution is 2.39. The van der Waals surface area contributed by atoms with Gasteiger partial charge < -0.3 is 5.11 Å². The van der Waals surface area contributed by atoms with E-state index in [2.05, 4.69) is 4.98 Å². The largest absolute Gasteiger partial charge is 0.478 e. The number of aromatic nitrogens is 1. The number of rotatable bonds is 2. The minimum Gasteiger partial charge on any atom is -0.478 e. The summed E-state index contributed by atoms with van der Waals surface area (Å²) in [7, 11) is 0. The number of nitrogens with zero attached hydrogens (tertiary/aromatic N) is 1. The Labute approximate surface area is 123 Å². The zero-order valence-electron chi connectivity index (χ0n) is 10.7. The molecule has 0 atom stereocenters. The van der Waals surface area contributed by atoms with E-state index in [-0.39, 0.29) is 21.7 Å². The third-order valence-electron chi connectivity index (χ3n) is 2.85. The van der Waals surface area contributed by atoms with E-state index in [1.54, 1.807) is 6.92 Å². The Kier molecular flexibility index (Phi) is 3.91. The topological polar surface area (TPSA) is 50.2 Å². The molecule has 0 unspecified atom stereocenters. The normalized spacial score (nSPS) is 11.5. The lowest BCUT2D eigenvalue weighted by molar-refractivity contribution is -0.137. The van der Waals surface area contributed by atoms with Gasteiger partial charge in [0.25, 0.3) is 0 Å². The van der Waals surface area contributed by atoms with Crippen molar-refractivity contribution in [3.63, 3.8) is 0 Å². The Morgan fingerprint density at radius 1 is 1.24 bits per heavy atom. The third kappa shape index (κ3) is 3.16. The highest BCUT2D eigenvalue weighted by molar-refractivity contribution is 6.31. The molecule has 1 N–H and O–H groups in total. The molecule has 0 radical (unpaired) electrons. The van der Waals surface area contributed by atoms with Crippen LogP contribution in [0, 0.1) is 6.92 Å². The van der Waals surface area contributed by atoms with Crippen molar-refractivity contribution in [1.29, 1.82) is 0 Å². The Bertz CT molecular complexity index is 714. The first-order valence-electron chi connectivity index (χ1n) is 5.77. The van der Waals surface area contributed by atoms with Gasteiger partial charge in [0.2, 0.25) is 0 Å². The molecular weight excluding hydrogens is 307 g/mol. The molecule has 110 valence electrons. The van der Waals surface area contributed by atoms with Crippen molar-refractivity contribution < 1.29 is 23.1 Å².